The Balaban J connectivity index is 2.98. The Morgan fingerprint density at radius 2 is 2.27 bits per heavy atom. The SMILES string of the molecule is CCOC(=O)C(C(C)=O)c1n[nH]c(=O)o1. The molecule has 0 fully saturated rings. The Morgan fingerprint density at radius 1 is 1.60 bits per heavy atom. The number of hydrogen-bond acceptors (Lipinski definition) is 6. The maximum Gasteiger partial charge on any atom is 0.434 e. The zero-order chi connectivity index (χ0) is 11.4. The van der Waals surface area contributed by atoms with Crippen LogP contribution in [0.15, 0.2) is 9.21 Å². The molecule has 0 aliphatic rings. The molecule has 0 saturated carbocycles. The van der Waals surface area contributed by atoms with Gasteiger partial charge in [-0.15, -0.1) is 5.10 Å². The molecule has 1 aromatic heterocycles. The molecular weight excluding hydrogens is 204 g/mol. The van der Waals surface area contributed by atoms with E-state index in [2.05, 4.69) is 14.3 Å². The highest BCUT2D eigenvalue weighted by molar-refractivity contribution is 6.02. The zero-order valence-corrected chi connectivity index (χ0v) is 8.27. The molecule has 0 radical (unpaired) electrons. The molecule has 1 N–H and O–H groups in total. The second kappa shape index (κ2) is 4.54. The van der Waals surface area contributed by atoms with Crippen LogP contribution in [0.2, 0.25) is 0 Å². The fraction of sp³-hybridized carbons (Fsp3) is 0.500. The number of nitrogens with zero attached hydrogens (tertiary/aromatic N) is 1. The minimum atomic E-state index is -1.27. The van der Waals surface area contributed by atoms with Crippen LogP contribution in [-0.2, 0) is 14.3 Å². The van der Waals surface area contributed by atoms with Gasteiger partial charge in [-0.2, -0.15) is 0 Å². The van der Waals surface area contributed by atoms with Gasteiger partial charge in [-0.25, -0.2) is 9.89 Å². The van der Waals surface area contributed by atoms with Crippen LogP contribution in [-0.4, -0.2) is 28.6 Å². The summed E-state index contributed by atoms with van der Waals surface area (Å²) in [5, 5.41) is 5.38. The zero-order valence-electron chi connectivity index (χ0n) is 8.27. The molecule has 0 bridgehead atoms. The average molecular weight is 214 g/mol. The molecule has 0 aliphatic carbocycles. The third kappa shape index (κ3) is 2.52. The van der Waals surface area contributed by atoms with Gasteiger partial charge in [0.2, 0.25) is 5.89 Å². The Labute approximate surface area is 84.4 Å². The van der Waals surface area contributed by atoms with Crippen molar-refractivity contribution in [1.29, 1.82) is 0 Å². The number of hydrogen-bond donors (Lipinski definition) is 1. The summed E-state index contributed by atoms with van der Waals surface area (Å²) in [6, 6.07) is 0. The summed E-state index contributed by atoms with van der Waals surface area (Å²) in [5.74, 6) is -3.64. The Morgan fingerprint density at radius 3 is 2.67 bits per heavy atom. The first-order valence-electron chi connectivity index (χ1n) is 4.28. The third-order valence-electron chi connectivity index (χ3n) is 1.63. The van der Waals surface area contributed by atoms with E-state index in [4.69, 9.17) is 0 Å². The number of ether oxygens (including phenoxy) is 1. The van der Waals surface area contributed by atoms with E-state index in [0.717, 1.165) is 0 Å². The average Bonchev–Trinajstić information content (AvgIpc) is 2.51. The minimum Gasteiger partial charge on any atom is -0.465 e. The van der Waals surface area contributed by atoms with Gasteiger partial charge in [-0.05, 0) is 13.8 Å². The van der Waals surface area contributed by atoms with Crippen LogP contribution in [0.1, 0.15) is 25.7 Å². The summed E-state index contributed by atoms with van der Waals surface area (Å²) in [5.41, 5.74) is 0. The van der Waals surface area contributed by atoms with E-state index in [1.807, 2.05) is 5.10 Å². The molecule has 82 valence electrons. The van der Waals surface area contributed by atoms with Gasteiger partial charge in [-0.3, -0.25) is 9.59 Å². The van der Waals surface area contributed by atoms with E-state index in [-0.39, 0.29) is 12.5 Å². The van der Waals surface area contributed by atoms with Gasteiger partial charge in [0.15, 0.2) is 11.7 Å². The van der Waals surface area contributed by atoms with E-state index in [1.54, 1.807) is 6.92 Å². The highest BCUT2D eigenvalue weighted by Gasteiger charge is 2.31. The molecule has 1 unspecified atom stereocenters. The molecule has 0 aliphatic heterocycles. The van der Waals surface area contributed by atoms with Crippen LogP contribution in [0.25, 0.3) is 0 Å². The lowest BCUT2D eigenvalue weighted by molar-refractivity contribution is -0.148. The molecule has 7 nitrogen and oxygen atoms in total. The molecule has 1 atom stereocenters. The van der Waals surface area contributed by atoms with Gasteiger partial charge in [0, 0.05) is 0 Å². The topological polar surface area (TPSA) is 102 Å². The van der Waals surface area contributed by atoms with Crippen molar-refractivity contribution in [3.63, 3.8) is 0 Å². The maximum atomic E-state index is 11.3. The first kappa shape index (κ1) is 11.2. The van der Waals surface area contributed by atoms with Gasteiger partial charge < -0.3 is 9.15 Å². The number of aromatic amines is 1. The molecule has 1 aromatic rings. The molecule has 0 aromatic carbocycles. The van der Waals surface area contributed by atoms with E-state index in [9.17, 15) is 14.4 Å². The standard InChI is InChI=1S/C8H10N2O5/c1-3-14-7(12)5(4(2)11)6-9-10-8(13)15-6/h5H,3H2,1-2H3,(H,10,13). The van der Waals surface area contributed by atoms with Crippen molar-refractivity contribution in [2.75, 3.05) is 6.61 Å². The van der Waals surface area contributed by atoms with Crippen LogP contribution in [0.4, 0.5) is 0 Å². The van der Waals surface area contributed by atoms with Crippen LogP contribution in [0.3, 0.4) is 0 Å². The summed E-state index contributed by atoms with van der Waals surface area (Å²) in [6.45, 7) is 2.93. The lowest BCUT2D eigenvalue weighted by Crippen LogP contribution is -2.22. The number of esters is 1. The highest BCUT2D eigenvalue weighted by atomic mass is 16.5. The molecule has 1 heterocycles. The number of carbonyl (C=O) groups is 2. The van der Waals surface area contributed by atoms with Crippen molar-refractivity contribution in [3.05, 3.63) is 16.4 Å². The number of rotatable bonds is 4. The van der Waals surface area contributed by atoms with E-state index in [0.29, 0.717) is 0 Å². The number of carbonyl (C=O) groups excluding carboxylic acids is 2. The minimum absolute atomic E-state index is 0.136. The van der Waals surface area contributed by atoms with Crippen molar-refractivity contribution in [3.8, 4) is 0 Å². The van der Waals surface area contributed by atoms with Crippen molar-refractivity contribution in [1.82, 2.24) is 10.2 Å². The highest BCUT2D eigenvalue weighted by Crippen LogP contribution is 2.14. The number of ketones is 1. The number of nitrogens with one attached hydrogen (secondary N) is 1. The van der Waals surface area contributed by atoms with Gasteiger partial charge in [0.05, 0.1) is 6.61 Å². The predicted octanol–water partition coefficient (Wildman–Crippen LogP) is -0.401. The Bertz CT molecular complexity index is 419. The second-order valence-electron chi connectivity index (χ2n) is 2.75. The fourth-order valence-electron chi connectivity index (χ4n) is 1.03. The van der Waals surface area contributed by atoms with Crippen LogP contribution >= 0.6 is 0 Å². The molecule has 0 saturated heterocycles. The summed E-state index contributed by atoms with van der Waals surface area (Å²) >= 11 is 0. The Kier molecular flexibility index (Phi) is 3.37. The number of aromatic nitrogens is 2. The summed E-state index contributed by atoms with van der Waals surface area (Å²) in [4.78, 5) is 33.1. The van der Waals surface area contributed by atoms with Gasteiger partial charge in [0.1, 0.15) is 0 Å². The van der Waals surface area contributed by atoms with E-state index in [1.165, 1.54) is 6.92 Å². The molecule has 7 heteroatoms. The summed E-state index contributed by atoms with van der Waals surface area (Å²) in [6.07, 6.45) is 0. The summed E-state index contributed by atoms with van der Waals surface area (Å²) in [7, 11) is 0. The normalized spacial score (nSPS) is 12.1. The third-order valence-corrected chi connectivity index (χ3v) is 1.63. The quantitative estimate of drug-likeness (QED) is 0.540. The van der Waals surface area contributed by atoms with Crippen LogP contribution < -0.4 is 5.76 Å². The van der Waals surface area contributed by atoms with Crippen molar-refractivity contribution >= 4 is 11.8 Å². The number of H-pyrrole nitrogens is 1. The second-order valence-corrected chi connectivity index (χ2v) is 2.75. The molecule has 0 spiro atoms. The summed E-state index contributed by atoms with van der Waals surface area (Å²) < 4.78 is 9.18. The van der Waals surface area contributed by atoms with E-state index >= 15 is 0 Å². The lowest BCUT2D eigenvalue weighted by Gasteiger charge is -2.07. The van der Waals surface area contributed by atoms with Crippen molar-refractivity contribution in [2.24, 2.45) is 0 Å². The first-order valence-corrected chi connectivity index (χ1v) is 4.28. The molecule has 1 rings (SSSR count). The number of Topliss-reactive ketones (excluding diaryl/α,β-unsaturated/α-hetero) is 1. The van der Waals surface area contributed by atoms with Gasteiger partial charge >= 0.3 is 11.7 Å². The van der Waals surface area contributed by atoms with E-state index < -0.39 is 23.4 Å². The van der Waals surface area contributed by atoms with Crippen molar-refractivity contribution < 1.29 is 18.7 Å². The van der Waals surface area contributed by atoms with Crippen LogP contribution in [0.5, 0.6) is 0 Å². The maximum absolute atomic E-state index is 11.3. The smallest absolute Gasteiger partial charge is 0.434 e. The monoisotopic (exact) mass is 214 g/mol. The van der Waals surface area contributed by atoms with Crippen molar-refractivity contribution in [2.45, 2.75) is 19.8 Å². The first-order chi connectivity index (χ1) is 7.06. The Hall–Kier alpha value is -1.92. The van der Waals surface area contributed by atoms with Crippen LogP contribution in [0, 0.1) is 0 Å². The fourth-order valence-corrected chi connectivity index (χ4v) is 1.03. The molecule has 0 amide bonds. The molecular formula is C8H10N2O5. The largest absolute Gasteiger partial charge is 0.465 e. The van der Waals surface area contributed by atoms with Gasteiger partial charge in [0.25, 0.3) is 0 Å². The predicted molar refractivity (Wildman–Crippen MR) is 47.2 cm³/mol. The van der Waals surface area contributed by atoms with Gasteiger partial charge in [-0.1, -0.05) is 0 Å². The lowest BCUT2D eigenvalue weighted by atomic mass is 10.1. The molecule has 15 heavy (non-hydrogen) atoms.